The lowest BCUT2D eigenvalue weighted by Gasteiger charge is -2.09. The second-order valence-corrected chi connectivity index (χ2v) is 4.32. The van der Waals surface area contributed by atoms with Gasteiger partial charge in [-0.15, -0.1) is 0 Å². The van der Waals surface area contributed by atoms with Gasteiger partial charge in [0.25, 0.3) is 0 Å². The number of aliphatic carboxylic acids is 1. The van der Waals surface area contributed by atoms with E-state index >= 15 is 0 Å². The van der Waals surface area contributed by atoms with E-state index in [2.05, 4.69) is 9.97 Å². The second kappa shape index (κ2) is 5.53. The molecule has 1 heterocycles. The summed E-state index contributed by atoms with van der Waals surface area (Å²) in [6.07, 6.45) is 4.02. The van der Waals surface area contributed by atoms with E-state index in [9.17, 15) is 9.90 Å². The Balaban J connectivity index is 2.17. The van der Waals surface area contributed by atoms with Gasteiger partial charge in [-0.3, -0.25) is 4.79 Å². The highest BCUT2D eigenvalue weighted by Crippen LogP contribution is 2.21. The zero-order valence-corrected chi connectivity index (χ0v) is 10.2. The number of nitrogens with one attached hydrogen (secondary N) is 1. The zero-order valence-electron chi connectivity index (χ0n) is 10.2. The first-order valence-electron chi connectivity index (χ1n) is 5.83. The van der Waals surface area contributed by atoms with Gasteiger partial charge in [0, 0.05) is 24.4 Å². The molecule has 1 aromatic heterocycles. The zero-order chi connectivity index (χ0) is 13.8. The summed E-state index contributed by atoms with van der Waals surface area (Å²) in [5.41, 5.74) is 6.95. The first kappa shape index (κ1) is 13.1. The number of carboxylic acids is 1. The molecule has 0 amide bonds. The van der Waals surface area contributed by atoms with Crippen molar-refractivity contribution in [2.45, 2.75) is 18.9 Å². The number of aromatic nitrogens is 2. The van der Waals surface area contributed by atoms with Crippen LogP contribution in [0.15, 0.2) is 30.6 Å². The van der Waals surface area contributed by atoms with Gasteiger partial charge in [0.2, 0.25) is 0 Å². The van der Waals surface area contributed by atoms with Crippen molar-refractivity contribution < 1.29 is 15.0 Å². The Bertz CT molecular complexity index is 567. The van der Waals surface area contributed by atoms with Gasteiger partial charge in [-0.25, -0.2) is 4.98 Å². The number of hydrogen-bond donors (Lipinski definition) is 4. The Morgan fingerprint density at radius 1 is 1.47 bits per heavy atom. The number of H-pyrrole nitrogens is 1. The molecule has 0 aliphatic carbocycles. The quantitative estimate of drug-likeness (QED) is 0.631. The summed E-state index contributed by atoms with van der Waals surface area (Å²) in [6, 6.07) is 4.02. The average molecular weight is 261 g/mol. The van der Waals surface area contributed by atoms with Crippen LogP contribution in [0.5, 0.6) is 5.75 Å². The maximum Gasteiger partial charge on any atom is 0.320 e. The van der Waals surface area contributed by atoms with Gasteiger partial charge in [-0.05, 0) is 18.1 Å². The number of rotatable bonds is 5. The maximum atomic E-state index is 10.7. The van der Waals surface area contributed by atoms with Crippen LogP contribution in [0.2, 0.25) is 0 Å². The smallest absolute Gasteiger partial charge is 0.320 e. The first-order valence-corrected chi connectivity index (χ1v) is 5.83. The predicted octanol–water partition coefficient (Wildman–Crippen LogP) is 0.660. The lowest BCUT2D eigenvalue weighted by atomic mass is 10.0. The minimum absolute atomic E-state index is 0.157. The summed E-state index contributed by atoms with van der Waals surface area (Å²) in [5, 5.41) is 18.6. The van der Waals surface area contributed by atoms with E-state index in [1.807, 2.05) is 0 Å². The highest BCUT2D eigenvalue weighted by Gasteiger charge is 2.13. The summed E-state index contributed by atoms with van der Waals surface area (Å²) in [6.45, 7) is 0. The van der Waals surface area contributed by atoms with Crippen molar-refractivity contribution in [3.63, 3.8) is 0 Å². The van der Waals surface area contributed by atoms with Gasteiger partial charge in [-0.2, -0.15) is 0 Å². The topological polar surface area (TPSA) is 112 Å². The van der Waals surface area contributed by atoms with Gasteiger partial charge in [0.05, 0.1) is 0 Å². The van der Waals surface area contributed by atoms with Crippen LogP contribution in [0.25, 0.3) is 0 Å². The molecular weight excluding hydrogens is 246 g/mol. The van der Waals surface area contributed by atoms with Gasteiger partial charge in [0.15, 0.2) is 0 Å². The summed E-state index contributed by atoms with van der Waals surface area (Å²) in [7, 11) is 0. The molecular formula is C13H15N3O3. The Morgan fingerprint density at radius 2 is 2.26 bits per heavy atom. The molecule has 0 aliphatic rings. The first-order chi connectivity index (χ1) is 9.06. The fraction of sp³-hybridized carbons (Fsp3) is 0.231. The third-order valence-electron chi connectivity index (χ3n) is 2.83. The molecule has 0 unspecified atom stereocenters. The number of aromatic amines is 1. The third kappa shape index (κ3) is 3.32. The Hall–Kier alpha value is -2.34. The van der Waals surface area contributed by atoms with E-state index in [1.54, 1.807) is 30.6 Å². The minimum atomic E-state index is -1.04. The predicted molar refractivity (Wildman–Crippen MR) is 68.8 cm³/mol. The Labute approximate surface area is 109 Å². The van der Waals surface area contributed by atoms with Crippen LogP contribution in [0.1, 0.15) is 17.0 Å². The molecule has 0 spiro atoms. The van der Waals surface area contributed by atoms with Gasteiger partial charge >= 0.3 is 5.97 Å². The number of imidazole rings is 1. The SMILES string of the molecule is N[C@@H](Cc1ccc(O)c(Cc2ncc[nH]2)c1)C(=O)O. The molecule has 100 valence electrons. The summed E-state index contributed by atoms with van der Waals surface area (Å²) in [5.74, 6) is -0.153. The van der Waals surface area contributed by atoms with Crippen molar-refractivity contribution in [2.24, 2.45) is 5.73 Å². The summed E-state index contributed by atoms with van der Waals surface area (Å²) in [4.78, 5) is 17.8. The fourth-order valence-corrected chi connectivity index (χ4v) is 1.82. The number of carboxylic acid groups (broad SMARTS) is 1. The normalized spacial score (nSPS) is 12.3. The van der Waals surface area contributed by atoms with Crippen molar-refractivity contribution >= 4 is 5.97 Å². The molecule has 5 N–H and O–H groups in total. The van der Waals surface area contributed by atoms with Crippen molar-refractivity contribution in [2.75, 3.05) is 0 Å². The van der Waals surface area contributed by atoms with Crippen molar-refractivity contribution in [1.82, 2.24) is 9.97 Å². The molecule has 2 aromatic rings. The number of hydrogen-bond acceptors (Lipinski definition) is 4. The van der Waals surface area contributed by atoms with Crippen LogP contribution in [0.4, 0.5) is 0 Å². The van der Waals surface area contributed by atoms with E-state index < -0.39 is 12.0 Å². The Kier molecular flexibility index (Phi) is 3.82. The van der Waals surface area contributed by atoms with Gasteiger partial charge < -0.3 is 20.9 Å². The summed E-state index contributed by atoms with van der Waals surface area (Å²) >= 11 is 0. The minimum Gasteiger partial charge on any atom is -0.508 e. The number of nitrogens with zero attached hydrogens (tertiary/aromatic N) is 1. The Morgan fingerprint density at radius 3 is 2.89 bits per heavy atom. The molecule has 0 aliphatic heterocycles. The molecule has 1 atom stereocenters. The number of aromatic hydroxyl groups is 1. The lowest BCUT2D eigenvalue weighted by Crippen LogP contribution is -2.32. The van der Waals surface area contributed by atoms with E-state index in [0.29, 0.717) is 12.0 Å². The van der Waals surface area contributed by atoms with Crippen LogP contribution < -0.4 is 5.73 Å². The molecule has 0 saturated carbocycles. The average Bonchev–Trinajstić information content (AvgIpc) is 2.86. The molecule has 0 saturated heterocycles. The highest BCUT2D eigenvalue weighted by molar-refractivity contribution is 5.73. The number of phenolic OH excluding ortho intramolecular Hbond substituents is 1. The molecule has 1 aromatic carbocycles. The van der Waals surface area contributed by atoms with Crippen LogP contribution in [0.3, 0.4) is 0 Å². The maximum absolute atomic E-state index is 10.7. The molecule has 0 radical (unpaired) electrons. The lowest BCUT2D eigenvalue weighted by molar-refractivity contribution is -0.138. The molecule has 19 heavy (non-hydrogen) atoms. The van der Waals surface area contributed by atoms with Crippen molar-refractivity contribution in [3.8, 4) is 5.75 Å². The number of carbonyl (C=O) groups is 1. The molecule has 6 nitrogen and oxygen atoms in total. The highest BCUT2D eigenvalue weighted by atomic mass is 16.4. The van der Waals surface area contributed by atoms with Gasteiger partial charge in [0.1, 0.15) is 17.6 Å². The standard InChI is InChI=1S/C13H15N3O3/c14-10(13(18)19)6-8-1-2-11(17)9(5-8)7-12-15-3-4-16-12/h1-5,10,17H,6-7,14H2,(H,15,16)(H,18,19)/t10-/m0/s1. The van der Waals surface area contributed by atoms with Crippen molar-refractivity contribution in [1.29, 1.82) is 0 Å². The summed E-state index contributed by atoms with van der Waals surface area (Å²) < 4.78 is 0. The van der Waals surface area contributed by atoms with Crippen LogP contribution in [0, 0.1) is 0 Å². The molecule has 2 rings (SSSR count). The molecule has 0 bridgehead atoms. The number of phenols is 1. The van der Waals surface area contributed by atoms with Crippen molar-refractivity contribution in [3.05, 3.63) is 47.5 Å². The van der Waals surface area contributed by atoms with E-state index in [1.165, 1.54) is 0 Å². The van der Waals surface area contributed by atoms with E-state index in [0.717, 1.165) is 11.4 Å². The molecule has 0 fully saturated rings. The van der Waals surface area contributed by atoms with Crippen LogP contribution in [-0.4, -0.2) is 32.2 Å². The number of benzene rings is 1. The second-order valence-electron chi connectivity index (χ2n) is 4.32. The fourth-order valence-electron chi connectivity index (χ4n) is 1.82. The van der Waals surface area contributed by atoms with Gasteiger partial charge in [-0.1, -0.05) is 12.1 Å². The largest absolute Gasteiger partial charge is 0.508 e. The van der Waals surface area contributed by atoms with Crippen LogP contribution >= 0.6 is 0 Å². The van der Waals surface area contributed by atoms with Crippen LogP contribution in [-0.2, 0) is 17.6 Å². The molecule has 6 heteroatoms. The van der Waals surface area contributed by atoms with E-state index in [4.69, 9.17) is 10.8 Å². The number of nitrogens with two attached hydrogens (primary N) is 1. The third-order valence-corrected chi connectivity index (χ3v) is 2.83. The van der Waals surface area contributed by atoms with E-state index in [-0.39, 0.29) is 12.2 Å². The monoisotopic (exact) mass is 261 g/mol.